The van der Waals surface area contributed by atoms with Gasteiger partial charge >= 0.3 is 5.97 Å². The Morgan fingerprint density at radius 2 is 2.08 bits per heavy atom. The normalized spacial score (nSPS) is 28.8. The first-order chi connectivity index (χ1) is 11.5. The van der Waals surface area contributed by atoms with Crippen molar-refractivity contribution in [3.8, 4) is 0 Å². The van der Waals surface area contributed by atoms with E-state index in [-0.39, 0.29) is 6.42 Å². The number of hydroxylamine groups is 1. The van der Waals surface area contributed by atoms with E-state index in [4.69, 9.17) is 10.9 Å². The molecule has 6 N–H and O–H groups in total. The van der Waals surface area contributed by atoms with Gasteiger partial charge in [-0.25, -0.2) is 18.4 Å². The van der Waals surface area contributed by atoms with Gasteiger partial charge in [0.05, 0.1) is 12.0 Å². The van der Waals surface area contributed by atoms with Crippen LogP contribution in [0.3, 0.4) is 0 Å². The number of primary sulfonamides is 1. The molecule has 11 nitrogen and oxygen atoms in total. The molecule has 0 saturated heterocycles. The van der Waals surface area contributed by atoms with Crippen molar-refractivity contribution in [2.45, 2.75) is 12.5 Å². The van der Waals surface area contributed by atoms with E-state index in [1.165, 1.54) is 0 Å². The summed E-state index contributed by atoms with van der Waals surface area (Å²) in [5.41, 5.74) is 7.36. The summed E-state index contributed by atoms with van der Waals surface area (Å²) in [5, 5.41) is 14.9. The number of aliphatic hydroxyl groups excluding tert-OH is 1. The molecule has 0 radical (unpaired) electrons. The Bertz CT molecular complexity index is 720. The van der Waals surface area contributed by atoms with Crippen LogP contribution in [-0.2, 0) is 29.2 Å². The van der Waals surface area contributed by atoms with E-state index in [9.17, 15) is 27.9 Å². The predicted octanol–water partition coefficient (Wildman–Crippen LogP) is -3.22. The number of amides is 2. The maximum Gasteiger partial charge on any atom is 0.338 e. The average molecular weight is 376 g/mol. The van der Waals surface area contributed by atoms with Gasteiger partial charge in [-0.1, -0.05) is 0 Å². The van der Waals surface area contributed by atoms with E-state index >= 15 is 0 Å². The molecular weight excluding hydrogens is 356 g/mol. The first kappa shape index (κ1) is 19.1. The van der Waals surface area contributed by atoms with E-state index in [0.29, 0.717) is 12.1 Å². The summed E-state index contributed by atoms with van der Waals surface area (Å²) >= 11 is 0. The minimum absolute atomic E-state index is 0.151. The van der Waals surface area contributed by atoms with Crippen LogP contribution in [-0.4, -0.2) is 61.7 Å². The maximum atomic E-state index is 12.2. The zero-order valence-electron chi connectivity index (χ0n) is 13.4. The molecule has 0 spiro atoms. The topological polar surface area (TPSA) is 182 Å². The van der Waals surface area contributed by atoms with Crippen LogP contribution in [0.2, 0.25) is 0 Å². The van der Waals surface area contributed by atoms with Crippen LogP contribution in [0.25, 0.3) is 0 Å². The molecule has 2 unspecified atom stereocenters. The summed E-state index contributed by atoms with van der Waals surface area (Å²) in [7, 11) is -2.37. The van der Waals surface area contributed by atoms with Crippen molar-refractivity contribution in [2.75, 3.05) is 19.3 Å². The third-order valence-electron chi connectivity index (χ3n) is 4.30. The van der Waals surface area contributed by atoms with Gasteiger partial charge in [0.15, 0.2) is 0 Å². The molecule has 1 heterocycles. The second-order valence-electron chi connectivity index (χ2n) is 6.24. The van der Waals surface area contributed by atoms with Crippen LogP contribution >= 0.6 is 0 Å². The summed E-state index contributed by atoms with van der Waals surface area (Å²) in [6.07, 6.45) is 0.641. The van der Waals surface area contributed by atoms with Crippen LogP contribution in [0.1, 0.15) is 6.42 Å². The van der Waals surface area contributed by atoms with Gasteiger partial charge in [0, 0.05) is 25.4 Å². The molecule has 2 rings (SSSR count). The van der Waals surface area contributed by atoms with Gasteiger partial charge in [0.2, 0.25) is 15.9 Å². The van der Waals surface area contributed by atoms with Crippen molar-refractivity contribution in [1.82, 2.24) is 10.4 Å². The number of carbonyl (C=O) groups is 3. The van der Waals surface area contributed by atoms with E-state index < -0.39 is 57.4 Å². The van der Waals surface area contributed by atoms with Gasteiger partial charge in [-0.2, -0.15) is 5.48 Å². The molecule has 0 aromatic rings. The van der Waals surface area contributed by atoms with Crippen LogP contribution in [0, 0.1) is 17.8 Å². The fraction of sp³-hybridized carbons (Fsp3) is 0.615. The molecule has 4 atom stereocenters. The lowest BCUT2D eigenvalue weighted by Crippen LogP contribution is -2.43. The van der Waals surface area contributed by atoms with Crippen LogP contribution < -0.4 is 16.4 Å². The lowest BCUT2D eigenvalue weighted by atomic mass is 9.82. The number of nitrogens with zero attached hydrogens (tertiary/aromatic N) is 1. The van der Waals surface area contributed by atoms with Gasteiger partial charge in [0.25, 0.3) is 5.91 Å². The van der Waals surface area contributed by atoms with E-state index in [1.54, 1.807) is 23.6 Å². The number of fused-ring (bicyclic) bond motifs is 1. The third kappa shape index (κ3) is 4.46. The number of nitrogens with two attached hydrogens (primary N) is 2. The second kappa shape index (κ2) is 6.98. The molecule has 0 bridgehead atoms. The highest BCUT2D eigenvalue weighted by Gasteiger charge is 2.51. The van der Waals surface area contributed by atoms with Gasteiger partial charge in [-0.3, -0.25) is 9.59 Å². The smallest absolute Gasteiger partial charge is 0.338 e. The monoisotopic (exact) mass is 376 g/mol. The highest BCUT2D eigenvalue weighted by Crippen LogP contribution is 2.44. The highest BCUT2D eigenvalue weighted by molar-refractivity contribution is 7.89. The number of sulfonamides is 1. The molecular formula is C13H20N4O7S. The Balaban J connectivity index is 2.07. The van der Waals surface area contributed by atoms with Gasteiger partial charge in [0.1, 0.15) is 5.75 Å². The van der Waals surface area contributed by atoms with Crippen LogP contribution in [0.15, 0.2) is 11.8 Å². The zero-order valence-corrected chi connectivity index (χ0v) is 14.2. The summed E-state index contributed by atoms with van der Waals surface area (Å²) in [4.78, 5) is 41.4. The Kier molecular flexibility index (Phi) is 5.34. The Morgan fingerprint density at radius 1 is 1.44 bits per heavy atom. The molecule has 2 aliphatic rings. The fourth-order valence-corrected chi connectivity index (χ4v) is 3.82. The number of primary amides is 1. The first-order valence-corrected chi connectivity index (χ1v) is 9.11. The van der Waals surface area contributed by atoms with Crippen molar-refractivity contribution in [1.29, 1.82) is 0 Å². The quantitative estimate of drug-likeness (QED) is 0.369. The van der Waals surface area contributed by atoms with Crippen LogP contribution in [0.5, 0.6) is 0 Å². The fourth-order valence-electron chi connectivity index (χ4n) is 3.40. The minimum atomic E-state index is -4.06. The molecule has 140 valence electrons. The molecule has 2 amide bonds. The van der Waals surface area contributed by atoms with E-state index in [2.05, 4.69) is 4.84 Å². The average Bonchev–Trinajstić information content (AvgIpc) is 2.77. The van der Waals surface area contributed by atoms with Gasteiger partial charge < -0.3 is 20.6 Å². The number of hydrogen-bond donors (Lipinski definition) is 4. The second-order valence-corrected chi connectivity index (χ2v) is 7.86. The molecule has 1 fully saturated rings. The first-order valence-electron chi connectivity index (χ1n) is 7.39. The predicted molar refractivity (Wildman–Crippen MR) is 83.2 cm³/mol. The summed E-state index contributed by atoms with van der Waals surface area (Å²) in [6, 6.07) is 0. The number of aliphatic hydroxyl groups is 1. The van der Waals surface area contributed by atoms with Crippen molar-refractivity contribution < 1.29 is 32.7 Å². The van der Waals surface area contributed by atoms with Crippen molar-refractivity contribution >= 4 is 27.8 Å². The van der Waals surface area contributed by atoms with E-state index in [0.717, 1.165) is 0 Å². The van der Waals surface area contributed by atoms with Crippen molar-refractivity contribution in [3.05, 3.63) is 11.8 Å². The van der Waals surface area contributed by atoms with Gasteiger partial charge in [-0.05, 0) is 18.3 Å². The van der Waals surface area contributed by atoms with Gasteiger partial charge in [-0.15, -0.1) is 0 Å². The molecule has 12 heteroatoms. The SMILES string of the molecule is CN1C=C(C(N)=O)C2C[C@H](O)[C@H](C(=O)ONC(=O)CS(N)(=O)=O)C2C1. The molecule has 25 heavy (non-hydrogen) atoms. The number of rotatable bonds is 4. The third-order valence-corrected chi connectivity index (χ3v) is 4.96. The molecule has 0 aromatic heterocycles. The van der Waals surface area contributed by atoms with E-state index in [1.807, 2.05) is 0 Å². The molecule has 1 saturated carbocycles. The Morgan fingerprint density at radius 3 is 2.64 bits per heavy atom. The maximum absolute atomic E-state index is 12.2. The lowest BCUT2D eigenvalue weighted by molar-refractivity contribution is -0.166. The number of carbonyl (C=O) groups excluding carboxylic acids is 3. The minimum Gasteiger partial charge on any atom is -0.392 e. The highest BCUT2D eigenvalue weighted by atomic mass is 32.2. The molecule has 1 aliphatic heterocycles. The summed E-state index contributed by atoms with van der Waals surface area (Å²) in [5.74, 6) is -5.55. The number of hydrogen-bond acceptors (Lipinski definition) is 8. The molecule has 1 aliphatic carbocycles. The molecule has 0 aromatic carbocycles. The standard InChI is InChI=1S/C13H20N4O7S/c1-17-3-7-6(8(4-17)12(14)20)2-9(18)11(7)13(21)24-16-10(19)5-25(15,22)23/h4,6-7,9,11,18H,2-3,5H2,1H3,(H2,14,20)(H,16,19)(H2,15,22,23)/t6?,7?,9-,11+/m0/s1. The van der Waals surface area contributed by atoms with Crippen molar-refractivity contribution in [2.24, 2.45) is 28.6 Å². The van der Waals surface area contributed by atoms with Crippen molar-refractivity contribution in [3.63, 3.8) is 0 Å². The largest absolute Gasteiger partial charge is 0.392 e. The Labute approximate surface area is 144 Å². The summed E-state index contributed by atoms with van der Waals surface area (Å²) in [6.45, 7) is 0.378. The lowest BCUT2D eigenvalue weighted by Gasteiger charge is -2.33. The van der Waals surface area contributed by atoms with Crippen LogP contribution in [0.4, 0.5) is 0 Å². The summed E-state index contributed by atoms with van der Waals surface area (Å²) < 4.78 is 21.6. The number of nitrogens with one attached hydrogen (secondary N) is 1. The zero-order chi connectivity index (χ0) is 18.9. The Hall–Kier alpha value is -2.18.